The first kappa shape index (κ1) is 24.8. The van der Waals surface area contributed by atoms with E-state index in [9.17, 15) is 19.5 Å². The second-order valence-corrected chi connectivity index (χ2v) is 10.3. The third-order valence-corrected chi connectivity index (χ3v) is 7.07. The Morgan fingerprint density at radius 2 is 1.54 bits per heavy atom. The minimum Gasteiger partial charge on any atom is -0.481 e. The average molecular weight is 479 g/mol. The Bertz CT molecular complexity index is 1050. The molecule has 2 aromatic carbocycles. The molecule has 7 heteroatoms. The molecule has 35 heavy (non-hydrogen) atoms. The van der Waals surface area contributed by atoms with Gasteiger partial charge in [-0.1, -0.05) is 67.8 Å². The highest BCUT2D eigenvalue weighted by Crippen LogP contribution is 2.44. The van der Waals surface area contributed by atoms with E-state index in [2.05, 4.69) is 34.9 Å². The van der Waals surface area contributed by atoms with Gasteiger partial charge in [0, 0.05) is 23.9 Å². The molecule has 0 saturated heterocycles. The van der Waals surface area contributed by atoms with E-state index in [0.717, 1.165) is 41.5 Å². The molecule has 0 radical (unpaired) electrons. The molecule has 2 aliphatic rings. The Morgan fingerprint density at radius 1 is 0.943 bits per heavy atom. The van der Waals surface area contributed by atoms with Crippen LogP contribution in [0.2, 0.25) is 0 Å². The Hall–Kier alpha value is -3.35. The summed E-state index contributed by atoms with van der Waals surface area (Å²) in [5.74, 6) is -1.75. The molecule has 7 nitrogen and oxygen atoms in total. The predicted molar refractivity (Wildman–Crippen MR) is 133 cm³/mol. The lowest BCUT2D eigenvalue weighted by Crippen LogP contribution is -2.50. The van der Waals surface area contributed by atoms with Gasteiger partial charge in [0.2, 0.25) is 5.91 Å². The standard InChI is InChI=1S/C28H34N2O5/c1-28(2,16-25(31)29-24-15-5-3-4-14-22(24)26(32)33)30-27(34)35-17-23-20-12-8-6-10-18(20)19-11-7-9-13-21(19)23/h6-13,22-24H,3-5,14-17H2,1-2H3,(H,29,31)(H,30,34)(H,32,33)/t22-,24+/m1/s1. The lowest BCUT2D eigenvalue weighted by atomic mass is 9.93. The minimum absolute atomic E-state index is 0.0278. The summed E-state index contributed by atoms with van der Waals surface area (Å²) in [6.45, 7) is 3.72. The van der Waals surface area contributed by atoms with Gasteiger partial charge in [0.15, 0.2) is 0 Å². The van der Waals surface area contributed by atoms with E-state index >= 15 is 0 Å². The number of aliphatic carboxylic acids is 1. The van der Waals surface area contributed by atoms with Crippen molar-refractivity contribution < 1.29 is 24.2 Å². The maximum absolute atomic E-state index is 12.7. The maximum atomic E-state index is 12.7. The van der Waals surface area contributed by atoms with Crippen LogP contribution in [0.1, 0.15) is 69.4 Å². The Labute approximate surface area is 206 Å². The van der Waals surface area contributed by atoms with E-state index in [1.54, 1.807) is 13.8 Å². The van der Waals surface area contributed by atoms with Gasteiger partial charge in [-0.2, -0.15) is 0 Å². The smallest absolute Gasteiger partial charge is 0.407 e. The largest absolute Gasteiger partial charge is 0.481 e. The van der Waals surface area contributed by atoms with Crippen molar-refractivity contribution in [2.75, 3.05) is 6.61 Å². The molecule has 0 heterocycles. The van der Waals surface area contributed by atoms with Crippen molar-refractivity contribution >= 4 is 18.0 Å². The van der Waals surface area contributed by atoms with Crippen molar-refractivity contribution in [2.45, 2.75) is 69.9 Å². The summed E-state index contributed by atoms with van der Waals surface area (Å²) in [4.78, 5) is 37.0. The molecule has 1 fully saturated rings. The van der Waals surface area contributed by atoms with Crippen LogP contribution in [-0.2, 0) is 14.3 Å². The summed E-state index contributed by atoms with van der Waals surface area (Å²) < 4.78 is 5.61. The topological polar surface area (TPSA) is 105 Å². The molecule has 3 N–H and O–H groups in total. The third-order valence-electron chi connectivity index (χ3n) is 7.07. The van der Waals surface area contributed by atoms with Gasteiger partial charge in [-0.15, -0.1) is 0 Å². The second kappa shape index (κ2) is 10.5. The van der Waals surface area contributed by atoms with Crippen molar-refractivity contribution in [3.63, 3.8) is 0 Å². The van der Waals surface area contributed by atoms with Gasteiger partial charge in [-0.25, -0.2) is 4.79 Å². The van der Waals surface area contributed by atoms with Crippen LogP contribution in [0.4, 0.5) is 4.79 Å². The summed E-state index contributed by atoms with van der Waals surface area (Å²) in [5, 5.41) is 15.3. The van der Waals surface area contributed by atoms with Gasteiger partial charge in [0.25, 0.3) is 0 Å². The first-order chi connectivity index (χ1) is 16.7. The van der Waals surface area contributed by atoms with Crippen LogP contribution in [0.25, 0.3) is 11.1 Å². The molecule has 0 bridgehead atoms. The molecule has 2 atom stereocenters. The van der Waals surface area contributed by atoms with Crippen LogP contribution in [0.3, 0.4) is 0 Å². The van der Waals surface area contributed by atoms with Gasteiger partial charge in [-0.05, 0) is 48.9 Å². The molecule has 1 saturated carbocycles. The van der Waals surface area contributed by atoms with E-state index in [4.69, 9.17) is 4.74 Å². The highest BCUT2D eigenvalue weighted by molar-refractivity contribution is 5.81. The van der Waals surface area contributed by atoms with E-state index in [-0.39, 0.29) is 30.9 Å². The number of carboxylic acid groups (broad SMARTS) is 1. The average Bonchev–Trinajstić information content (AvgIpc) is 2.93. The molecule has 0 unspecified atom stereocenters. The fourth-order valence-corrected chi connectivity index (χ4v) is 5.39. The molecule has 186 valence electrons. The monoisotopic (exact) mass is 478 g/mol. The predicted octanol–water partition coefficient (Wildman–Crippen LogP) is 4.84. The summed E-state index contributed by atoms with van der Waals surface area (Å²) in [6, 6.07) is 15.9. The minimum atomic E-state index is -0.867. The third kappa shape index (κ3) is 5.84. The number of benzene rings is 2. The van der Waals surface area contributed by atoms with Crippen molar-refractivity contribution in [3.8, 4) is 11.1 Å². The summed E-state index contributed by atoms with van der Waals surface area (Å²) in [6.07, 6.45) is 3.41. The van der Waals surface area contributed by atoms with Crippen molar-refractivity contribution in [1.29, 1.82) is 0 Å². The number of nitrogens with one attached hydrogen (secondary N) is 2. The first-order valence-corrected chi connectivity index (χ1v) is 12.4. The maximum Gasteiger partial charge on any atom is 0.407 e. The van der Waals surface area contributed by atoms with E-state index in [0.29, 0.717) is 12.8 Å². The number of ether oxygens (including phenoxy) is 1. The van der Waals surface area contributed by atoms with Crippen LogP contribution >= 0.6 is 0 Å². The zero-order chi connectivity index (χ0) is 25.0. The second-order valence-electron chi connectivity index (χ2n) is 10.3. The number of carbonyl (C=O) groups is 3. The fourth-order valence-electron chi connectivity index (χ4n) is 5.39. The normalized spacial score (nSPS) is 19.7. The number of fused-ring (bicyclic) bond motifs is 3. The lowest BCUT2D eigenvalue weighted by Gasteiger charge is -2.28. The van der Waals surface area contributed by atoms with Crippen LogP contribution < -0.4 is 10.6 Å². The highest BCUT2D eigenvalue weighted by atomic mass is 16.5. The molecular weight excluding hydrogens is 444 g/mol. The first-order valence-electron chi connectivity index (χ1n) is 12.4. The van der Waals surface area contributed by atoms with Gasteiger partial charge >= 0.3 is 12.1 Å². The summed E-state index contributed by atoms with van der Waals surface area (Å²) >= 11 is 0. The molecule has 0 aromatic heterocycles. The Morgan fingerprint density at radius 3 is 2.17 bits per heavy atom. The van der Waals surface area contributed by atoms with Crippen molar-refractivity contribution in [2.24, 2.45) is 5.92 Å². The zero-order valence-electron chi connectivity index (χ0n) is 20.4. The number of hydrogen-bond donors (Lipinski definition) is 3. The fraction of sp³-hybridized carbons (Fsp3) is 0.464. The molecule has 2 aromatic rings. The van der Waals surface area contributed by atoms with E-state index in [1.165, 1.54) is 0 Å². The van der Waals surface area contributed by atoms with Crippen LogP contribution in [0.15, 0.2) is 48.5 Å². The Balaban J connectivity index is 1.32. The summed E-state index contributed by atoms with van der Waals surface area (Å²) in [7, 11) is 0. The quantitative estimate of drug-likeness (QED) is 0.494. The number of carboxylic acids is 1. The summed E-state index contributed by atoms with van der Waals surface area (Å²) in [5.41, 5.74) is 3.74. The van der Waals surface area contributed by atoms with E-state index in [1.807, 2.05) is 24.3 Å². The lowest BCUT2D eigenvalue weighted by molar-refractivity contribution is -0.143. The van der Waals surface area contributed by atoms with Gasteiger partial charge in [-0.3, -0.25) is 9.59 Å². The number of amides is 2. The highest BCUT2D eigenvalue weighted by Gasteiger charge is 2.33. The van der Waals surface area contributed by atoms with Crippen LogP contribution in [0, 0.1) is 5.92 Å². The Kier molecular flexibility index (Phi) is 7.43. The van der Waals surface area contributed by atoms with Crippen molar-refractivity contribution in [3.05, 3.63) is 59.7 Å². The molecule has 0 spiro atoms. The van der Waals surface area contributed by atoms with Crippen LogP contribution in [-0.4, -0.2) is 41.3 Å². The number of alkyl carbamates (subject to hydrolysis) is 1. The van der Waals surface area contributed by atoms with Crippen LogP contribution in [0.5, 0.6) is 0 Å². The molecule has 2 aliphatic carbocycles. The zero-order valence-corrected chi connectivity index (χ0v) is 20.4. The molecule has 2 amide bonds. The van der Waals surface area contributed by atoms with E-state index < -0.39 is 23.5 Å². The van der Waals surface area contributed by atoms with Gasteiger partial charge < -0.3 is 20.5 Å². The number of carbonyl (C=O) groups excluding carboxylic acids is 2. The number of hydrogen-bond acceptors (Lipinski definition) is 4. The van der Waals surface area contributed by atoms with Crippen molar-refractivity contribution in [1.82, 2.24) is 10.6 Å². The molecular formula is C28H34N2O5. The molecule has 4 rings (SSSR count). The SMILES string of the molecule is CC(C)(CC(=O)N[C@H]1CCCCC[C@H]1C(=O)O)NC(=O)OCC1c2ccccc2-c2ccccc21. The molecule has 0 aliphatic heterocycles. The number of rotatable bonds is 7. The van der Waals surface area contributed by atoms with Gasteiger partial charge in [0.05, 0.1) is 5.92 Å². The van der Waals surface area contributed by atoms with Gasteiger partial charge in [0.1, 0.15) is 6.61 Å².